The summed E-state index contributed by atoms with van der Waals surface area (Å²) in [5.74, 6) is -6.35. The third-order valence-corrected chi connectivity index (χ3v) is 4.88. The van der Waals surface area contributed by atoms with E-state index in [0.29, 0.717) is 22.7 Å². The number of hydrogen-bond acceptors (Lipinski definition) is 6. The van der Waals surface area contributed by atoms with Crippen LogP contribution in [0, 0.1) is 0 Å². The number of carboxylic acid groups (broad SMARTS) is 2. The molecule has 1 unspecified atom stereocenters. The van der Waals surface area contributed by atoms with Crippen LogP contribution in [0.15, 0.2) is 36.4 Å². The molecule has 0 aromatic heterocycles. The Morgan fingerprint density at radius 1 is 1.17 bits per heavy atom. The summed E-state index contributed by atoms with van der Waals surface area (Å²) in [6, 6.07) is 10.4. The fraction of sp³-hybridized carbons (Fsp3) is 0.300. The van der Waals surface area contributed by atoms with Crippen LogP contribution in [0.5, 0.6) is 11.5 Å². The molecule has 0 spiro atoms. The van der Waals surface area contributed by atoms with Gasteiger partial charge >= 0.3 is 17.7 Å². The first kappa shape index (κ1) is 20.8. The van der Waals surface area contributed by atoms with Crippen molar-refractivity contribution in [3.63, 3.8) is 0 Å². The monoisotopic (exact) mass is 421 g/mol. The standard InChI is InChI=1S/C20H20ClNO7/c1-11(12-3-2-4-13(21)10-12)9-14-15(22-7-8-23)5-6-16-17(14)29-20(28-16,18(24)25)19(26)27/h2-6,10-11,22-23H,7-9H2,1H3,(H,24,25)(H,26,27). The second-order valence-electron chi connectivity index (χ2n) is 6.66. The second-order valence-corrected chi connectivity index (χ2v) is 7.10. The Bertz CT molecular complexity index is 932. The predicted molar refractivity (Wildman–Crippen MR) is 105 cm³/mol. The van der Waals surface area contributed by atoms with Gasteiger partial charge in [0, 0.05) is 22.8 Å². The van der Waals surface area contributed by atoms with E-state index >= 15 is 0 Å². The predicted octanol–water partition coefficient (Wildman–Crippen LogP) is 2.73. The highest BCUT2D eigenvalue weighted by atomic mass is 35.5. The molecule has 154 valence electrons. The van der Waals surface area contributed by atoms with E-state index in [9.17, 15) is 19.8 Å². The molecule has 0 aliphatic carbocycles. The number of carboxylic acids is 2. The molecule has 2 aromatic carbocycles. The maximum atomic E-state index is 11.6. The van der Waals surface area contributed by atoms with E-state index in [1.807, 2.05) is 25.1 Å². The third-order valence-electron chi connectivity index (χ3n) is 4.64. The number of rotatable bonds is 8. The summed E-state index contributed by atoms with van der Waals surface area (Å²) in [5, 5.41) is 31.6. The van der Waals surface area contributed by atoms with E-state index in [4.69, 9.17) is 26.2 Å². The molecule has 1 heterocycles. The molecule has 0 amide bonds. The van der Waals surface area contributed by atoms with E-state index in [1.54, 1.807) is 12.1 Å². The molecular weight excluding hydrogens is 402 g/mol. The van der Waals surface area contributed by atoms with Crippen molar-refractivity contribution in [2.45, 2.75) is 25.0 Å². The molecule has 0 saturated heterocycles. The average molecular weight is 422 g/mol. The van der Waals surface area contributed by atoms with Crippen LogP contribution in [-0.2, 0) is 16.0 Å². The smallest absolute Gasteiger partial charge is 0.453 e. The lowest BCUT2D eigenvalue weighted by molar-refractivity contribution is -0.194. The second kappa shape index (κ2) is 8.18. The fourth-order valence-corrected chi connectivity index (χ4v) is 3.38. The van der Waals surface area contributed by atoms with Gasteiger partial charge in [-0.05, 0) is 42.2 Å². The number of carbonyl (C=O) groups is 2. The Balaban J connectivity index is 2.02. The van der Waals surface area contributed by atoms with Crippen molar-refractivity contribution >= 4 is 29.2 Å². The zero-order chi connectivity index (χ0) is 21.2. The topological polar surface area (TPSA) is 125 Å². The van der Waals surface area contributed by atoms with Gasteiger partial charge in [0.15, 0.2) is 11.5 Å². The summed E-state index contributed by atoms with van der Waals surface area (Å²) < 4.78 is 10.6. The number of fused-ring (bicyclic) bond motifs is 1. The summed E-state index contributed by atoms with van der Waals surface area (Å²) in [4.78, 5) is 23.2. The number of benzene rings is 2. The van der Waals surface area contributed by atoms with Crippen LogP contribution < -0.4 is 14.8 Å². The molecule has 0 bridgehead atoms. The van der Waals surface area contributed by atoms with Gasteiger partial charge in [-0.3, -0.25) is 0 Å². The first-order chi connectivity index (χ1) is 13.8. The first-order valence-corrected chi connectivity index (χ1v) is 9.27. The minimum absolute atomic E-state index is 0.0256. The highest BCUT2D eigenvalue weighted by Gasteiger charge is 2.58. The number of halogens is 1. The van der Waals surface area contributed by atoms with Gasteiger partial charge in [-0.2, -0.15) is 0 Å². The molecule has 0 fully saturated rings. The molecule has 0 radical (unpaired) electrons. The summed E-state index contributed by atoms with van der Waals surface area (Å²) in [7, 11) is 0. The molecular formula is C20H20ClNO7. The maximum Gasteiger partial charge on any atom is 0.453 e. The van der Waals surface area contributed by atoms with Gasteiger partial charge in [0.25, 0.3) is 0 Å². The van der Waals surface area contributed by atoms with Gasteiger partial charge < -0.3 is 30.1 Å². The molecule has 1 atom stereocenters. The number of hydrogen-bond donors (Lipinski definition) is 4. The average Bonchev–Trinajstić information content (AvgIpc) is 3.09. The summed E-state index contributed by atoms with van der Waals surface area (Å²) in [5.41, 5.74) is 2.08. The highest BCUT2D eigenvalue weighted by molar-refractivity contribution is 6.30. The summed E-state index contributed by atoms with van der Waals surface area (Å²) in [6.45, 7) is 2.09. The highest BCUT2D eigenvalue weighted by Crippen LogP contribution is 2.46. The number of anilines is 1. The summed E-state index contributed by atoms with van der Waals surface area (Å²) in [6.07, 6.45) is 0.385. The molecule has 3 rings (SSSR count). The van der Waals surface area contributed by atoms with Crippen LogP contribution in [0.4, 0.5) is 5.69 Å². The Labute approximate surface area is 171 Å². The number of aliphatic hydroxyl groups is 1. The molecule has 9 heteroatoms. The largest absolute Gasteiger partial charge is 0.475 e. The summed E-state index contributed by atoms with van der Waals surface area (Å²) >= 11 is 6.08. The van der Waals surface area contributed by atoms with E-state index in [-0.39, 0.29) is 30.6 Å². The number of ether oxygens (including phenoxy) is 2. The van der Waals surface area contributed by atoms with Crippen LogP contribution in [0.3, 0.4) is 0 Å². The molecule has 1 aliphatic heterocycles. The van der Waals surface area contributed by atoms with Crippen molar-refractivity contribution in [2.24, 2.45) is 0 Å². The quantitative estimate of drug-likeness (QED) is 0.479. The SMILES string of the molecule is CC(Cc1c(NCCO)ccc2c1OC(C(=O)O)(C(=O)O)O2)c1cccc(Cl)c1. The molecule has 1 aliphatic rings. The van der Waals surface area contributed by atoms with Crippen molar-refractivity contribution in [2.75, 3.05) is 18.5 Å². The number of aliphatic hydroxyl groups excluding tert-OH is 1. The Hall–Kier alpha value is -2.97. The lowest BCUT2D eigenvalue weighted by Crippen LogP contribution is -2.54. The van der Waals surface area contributed by atoms with Gasteiger partial charge in [-0.1, -0.05) is 30.7 Å². The lowest BCUT2D eigenvalue weighted by Gasteiger charge is -2.19. The van der Waals surface area contributed by atoms with Crippen molar-refractivity contribution < 1.29 is 34.4 Å². The molecule has 4 N–H and O–H groups in total. The van der Waals surface area contributed by atoms with Gasteiger partial charge in [0.2, 0.25) is 0 Å². The maximum absolute atomic E-state index is 11.6. The zero-order valence-corrected chi connectivity index (χ0v) is 16.3. The van der Waals surface area contributed by atoms with Crippen molar-refractivity contribution in [3.05, 3.63) is 52.5 Å². The Morgan fingerprint density at radius 3 is 2.52 bits per heavy atom. The van der Waals surface area contributed by atoms with Crippen LogP contribution in [0.2, 0.25) is 5.02 Å². The number of aliphatic carboxylic acids is 2. The Morgan fingerprint density at radius 2 is 1.90 bits per heavy atom. The van der Waals surface area contributed by atoms with Gasteiger partial charge in [0.05, 0.1) is 6.61 Å². The van der Waals surface area contributed by atoms with Crippen LogP contribution in [-0.4, -0.2) is 46.2 Å². The van der Waals surface area contributed by atoms with Crippen molar-refractivity contribution in [1.82, 2.24) is 0 Å². The minimum Gasteiger partial charge on any atom is -0.475 e. The first-order valence-electron chi connectivity index (χ1n) is 8.89. The van der Waals surface area contributed by atoms with Crippen LogP contribution in [0.1, 0.15) is 24.0 Å². The van der Waals surface area contributed by atoms with Crippen molar-refractivity contribution in [3.8, 4) is 11.5 Å². The number of nitrogens with one attached hydrogen (secondary N) is 1. The lowest BCUT2D eigenvalue weighted by atomic mass is 9.92. The Kier molecular flexibility index (Phi) is 5.86. The van der Waals surface area contributed by atoms with Crippen LogP contribution >= 0.6 is 11.6 Å². The molecule has 0 saturated carbocycles. The third kappa shape index (κ3) is 3.94. The van der Waals surface area contributed by atoms with E-state index in [0.717, 1.165) is 5.56 Å². The van der Waals surface area contributed by atoms with Crippen LogP contribution in [0.25, 0.3) is 0 Å². The fourth-order valence-electron chi connectivity index (χ4n) is 3.18. The molecule has 8 nitrogen and oxygen atoms in total. The van der Waals surface area contributed by atoms with Gasteiger partial charge in [-0.15, -0.1) is 0 Å². The van der Waals surface area contributed by atoms with E-state index in [1.165, 1.54) is 6.07 Å². The van der Waals surface area contributed by atoms with E-state index < -0.39 is 17.7 Å². The van der Waals surface area contributed by atoms with Gasteiger partial charge in [-0.25, -0.2) is 9.59 Å². The molecule has 29 heavy (non-hydrogen) atoms. The van der Waals surface area contributed by atoms with Crippen molar-refractivity contribution in [1.29, 1.82) is 0 Å². The zero-order valence-electron chi connectivity index (χ0n) is 15.5. The van der Waals surface area contributed by atoms with Gasteiger partial charge in [0.1, 0.15) is 0 Å². The minimum atomic E-state index is -2.84. The normalized spacial score (nSPS) is 15.0. The molecule has 2 aromatic rings. The van der Waals surface area contributed by atoms with E-state index in [2.05, 4.69) is 5.32 Å².